The van der Waals surface area contributed by atoms with Gasteiger partial charge in [0.25, 0.3) is 5.91 Å². The van der Waals surface area contributed by atoms with Crippen LogP contribution in [0.15, 0.2) is 11.6 Å². The van der Waals surface area contributed by atoms with Crippen LogP contribution in [0, 0.1) is 0 Å². The Bertz CT molecular complexity index is 365. The molecule has 2 heterocycles. The summed E-state index contributed by atoms with van der Waals surface area (Å²) in [5.74, 6) is -0.585. The monoisotopic (exact) mass is 227 g/mol. The van der Waals surface area contributed by atoms with E-state index in [2.05, 4.69) is 15.6 Å². The van der Waals surface area contributed by atoms with E-state index in [1.54, 1.807) is 11.6 Å². The first-order chi connectivity index (χ1) is 7.25. The summed E-state index contributed by atoms with van der Waals surface area (Å²) in [6.07, 6.45) is 1.59. The first kappa shape index (κ1) is 10.1. The fraction of sp³-hybridized carbons (Fsp3) is 0.375. The summed E-state index contributed by atoms with van der Waals surface area (Å²) < 4.78 is 4.94. The lowest BCUT2D eigenvalue weighted by Gasteiger charge is -2.21. The second kappa shape index (κ2) is 4.37. The molecule has 6 nitrogen and oxygen atoms in total. The summed E-state index contributed by atoms with van der Waals surface area (Å²) in [4.78, 5) is 26.4. The van der Waals surface area contributed by atoms with Crippen molar-refractivity contribution in [2.75, 3.05) is 18.5 Å². The highest BCUT2D eigenvalue weighted by atomic mass is 32.1. The normalized spacial score (nSPS) is 20.8. The van der Waals surface area contributed by atoms with Gasteiger partial charge in [0, 0.05) is 11.6 Å². The van der Waals surface area contributed by atoms with Gasteiger partial charge < -0.3 is 15.4 Å². The third kappa shape index (κ3) is 2.51. The molecule has 0 bridgehead atoms. The lowest BCUT2D eigenvalue weighted by molar-refractivity contribution is -0.136. The standard InChI is InChI=1S/C8H9N3O3S/c12-6-4-14-3-5(10-6)7(13)11-8-9-1-2-15-8/h1-2,5H,3-4H2,(H,10,12)(H,9,11,13). The van der Waals surface area contributed by atoms with E-state index in [-0.39, 0.29) is 25.0 Å². The lowest BCUT2D eigenvalue weighted by Crippen LogP contribution is -2.51. The van der Waals surface area contributed by atoms with E-state index in [1.165, 1.54) is 11.3 Å². The van der Waals surface area contributed by atoms with Crippen molar-refractivity contribution in [1.82, 2.24) is 10.3 Å². The number of carbonyl (C=O) groups is 2. The summed E-state index contributed by atoms with van der Waals surface area (Å²) in [7, 11) is 0. The van der Waals surface area contributed by atoms with Crippen molar-refractivity contribution >= 4 is 28.3 Å². The molecule has 1 aromatic heterocycles. The number of anilines is 1. The van der Waals surface area contributed by atoms with Crippen LogP contribution in [0.4, 0.5) is 5.13 Å². The van der Waals surface area contributed by atoms with Crippen LogP contribution in [0.1, 0.15) is 0 Å². The van der Waals surface area contributed by atoms with Gasteiger partial charge in [-0.3, -0.25) is 9.59 Å². The van der Waals surface area contributed by atoms with E-state index in [1.807, 2.05) is 0 Å². The minimum atomic E-state index is -0.629. The van der Waals surface area contributed by atoms with Gasteiger partial charge in [0.1, 0.15) is 12.6 Å². The van der Waals surface area contributed by atoms with Crippen LogP contribution in [0.5, 0.6) is 0 Å². The number of nitrogens with zero attached hydrogens (tertiary/aromatic N) is 1. The molecule has 1 aliphatic heterocycles. The van der Waals surface area contributed by atoms with Crippen molar-refractivity contribution in [1.29, 1.82) is 0 Å². The first-order valence-corrected chi connectivity index (χ1v) is 5.21. The highest BCUT2D eigenvalue weighted by Crippen LogP contribution is 2.10. The molecule has 1 aromatic rings. The number of amides is 2. The number of hydrogen-bond acceptors (Lipinski definition) is 5. The topological polar surface area (TPSA) is 80.3 Å². The Labute approximate surface area is 89.6 Å². The molecule has 1 saturated heterocycles. The summed E-state index contributed by atoms with van der Waals surface area (Å²) in [5.41, 5.74) is 0. The van der Waals surface area contributed by atoms with Gasteiger partial charge in [0.15, 0.2) is 5.13 Å². The highest BCUT2D eigenvalue weighted by molar-refractivity contribution is 7.13. The van der Waals surface area contributed by atoms with Gasteiger partial charge in [-0.25, -0.2) is 4.98 Å². The SMILES string of the molecule is O=C1COCC(C(=O)Nc2nccs2)N1. The van der Waals surface area contributed by atoms with Crippen LogP contribution in [0.3, 0.4) is 0 Å². The Balaban J connectivity index is 1.93. The molecule has 1 unspecified atom stereocenters. The molecule has 1 fully saturated rings. The zero-order chi connectivity index (χ0) is 10.7. The summed E-state index contributed by atoms with van der Waals surface area (Å²) in [6, 6.07) is -0.629. The van der Waals surface area contributed by atoms with Gasteiger partial charge in [0.2, 0.25) is 5.91 Å². The molecular weight excluding hydrogens is 218 g/mol. The second-order valence-corrected chi connectivity index (χ2v) is 3.86. The predicted molar refractivity (Wildman–Crippen MR) is 53.5 cm³/mol. The largest absolute Gasteiger partial charge is 0.369 e. The van der Waals surface area contributed by atoms with E-state index in [4.69, 9.17) is 4.74 Å². The highest BCUT2D eigenvalue weighted by Gasteiger charge is 2.25. The number of ether oxygens (including phenoxy) is 1. The lowest BCUT2D eigenvalue weighted by atomic mass is 10.2. The molecule has 80 valence electrons. The molecule has 1 atom stereocenters. The molecule has 0 aromatic carbocycles. The predicted octanol–water partition coefficient (Wildman–Crippen LogP) is -0.403. The molecule has 2 rings (SSSR count). The molecular formula is C8H9N3O3S. The molecule has 0 spiro atoms. The smallest absolute Gasteiger partial charge is 0.251 e. The van der Waals surface area contributed by atoms with Crippen molar-refractivity contribution < 1.29 is 14.3 Å². The maximum absolute atomic E-state index is 11.6. The van der Waals surface area contributed by atoms with Crippen molar-refractivity contribution in [3.05, 3.63) is 11.6 Å². The van der Waals surface area contributed by atoms with Crippen LogP contribution in [0.25, 0.3) is 0 Å². The number of aromatic nitrogens is 1. The number of rotatable bonds is 2. The first-order valence-electron chi connectivity index (χ1n) is 4.33. The maximum Gasteiger partial charge on any atom is 0.251 e. The Kier molecular flexibility index (Phi) is 2.93. The average molecular weight is 227 g/mol. The zero-order valence-corrected chi connectivity index (χ0v) is 8.54. The molecule has 0 saturated carbocycles. The van der Waals surface area contributed by atoms with Gasteiger partial charge in [-0.05, 0) is 0 Å². The van der Waals surface area contributed by atoms with Crippen molar-refractivity contribution in [3.8, 4) is 0 Å². The van der Waals surface area contributed by atoms with E-state index in [0.717, 1.165) is 0 Å². The van der Waals surface area contributed by atoms with Crippen LogP contribution in [-0.4, -0.2) is 36.1 Å². The molecule has 0 radical (unpaired) electrons. The quantitative estimate of drug-likeness (QED) is 0.720. The third-order valence-corrected chi connectivity index (χ3v) is 2.52. The van der Waals surface area contributed by atoms with Gasteiger partial charge in [-0.1, -0.05) is 0 Å². The minimum Gasteiger partial charge on any atom is -0.369 e. The van der Waals surface area contributed by atoms with Crippen LogP contribution in [0.2, 0.25) is 0 Å². The Morgan fingerprint density at radius 1 is 1.73 bits per heavy atom. The number of hydrogen-bond donors (Lipinski definition) is 2. The minimum absolute atomic E-state index is 0.0149. The second-order valence-electron chi connectivity index (χ2n) is 2.96. The van der Waals surface area contributed by atoms with E-state index < -0.39 is 6.04 Å². The van der Waals surface area contributed by atoms with E-state index in [9.17, 15) is 9.59 Å². The maximum atomic E-state index is 11.6. The van der Waals surface area contributed by atoms with Crippen LogP contribution >= 0.6 is 11.3 Å². The van der Waals surface area contributed by atoms with Crippen LogP contribution in [-0.2, 0) is 14.3 Å². The van der Waals surface area contributed by atoms with Crippen molar-refractivity contribution in [3.63, 3.8) is 0 Å². The molecule has 7 heteroatoms. The number of carbonyl (C=O) groups excluding carboxylic acids is 2. The number of nitrogens with one attached hydrogen (secondary N) is 2. The molecule has 1 aliphatic rings. The van der Waals surface area contributed by atoms with Gasteiger partial charge in [-0.2, -0.15) is 0 Å². The summed E-state index contributed by atoms with van der Waals surface area (Å²) in [6.45, 7) is 0.212. The molecule has 0 aliphatic carbocycles. The molecule has 15 heavy (non-hydrogen) atoms. The average Bonchev–Trinajstić information content (AvgIpc) is 2.70. The fourth-order valence-electron chi connectivity index (χ4n) is 1.17. The van der Waals surface area contributed by atoms with Gasteiger partial charge in [-0.15, -0.1) is 11.3 Å². The van der Waals surface area contributed by atoms with Crippen molar-refractivity contribution in [2.45, 2.75) is 6.04 Å². The van der Waals surface area contributed by atoms with Crippen LogP contribution < -0.4 is 10.6 Å². The van der Waals surface area contributed by atoms with Gasteiger partial charge in [0.05, 0.1) is 6.61 Å². The van der Waals surface area contributed by atoms with Gasteiger partial charge >= 0.3 is 0 Å². The third-order valence-electron chi connectivity index (χ3n) is 1.83. The molecule has 2 N–H and O–H groups in total. The zero-order valence-electron chi connectivity index (χ0n) is 7.73. The number of morpholine rings is 1. The van der Waals surface area contributed by atoms with Crippen molar-refractivity contribution in [2.24, 2.45) is 0 Å². The van der Waals surface area contributed by atoms with E-state index in [0.29, 0.717) is 5.13 Å². The Hall–Kier alpha value is -1.47. The Morgan fingerprint density at radius 2 is 2.60 bits per heavy atom. The van der Waals surface area contributed by atoms with E-state index >= 15 is 0 Å². The summed E-state index contributed by atoms with van der Waals surface area (Å²) >= 11 is 1.32. The Morgan fingerprint density at radius 3 is 3.27 bits per heavy atom. The fourth-order valence-corrected chi connectivity index (χ4v) is 1.70. The summed E-state index contributed by atoms with van der Waals surface area (Å²) in [5, 5.41) is 7.38. The molecule has 2 amide bonds. The number of thiazole rings is 1.